The van der Waals surface area contributed by atoms with Gasteiger partial charge in [0.15, 0.2) is 0 Å². The van der Waals surface area contributed by atoms with Gasteiger partial charge in [0, 0.05) is 19.4 Å². The van der Waals surface area contributed by atoms with Crippen molar-refractivity contribution < 1.29 is 33.4 Å². The summed E-state index contributed by atoms with van der Waals surface area (Å²) >= 11 is 0. The molecule has 53 heavy (non-hydrogen) atoms. The van der Waals surface area contributed by atoms with Gasteiger partial charge >= 0.3 is 0 Å². The third-order valence-corrected chi connectivity index (χ3v) is 9.73. The standard InChI is InChI=1S/C39H54N6O7.ClH/c1-24(2)18-29-23-52-31-15-11-27(12-16-31)20-34(43-36(47)32-6-5-17-40-32)38(49)44-33(19-26-9-13-30(51-4)14-10-26)37(48)41-25(3)39(50)45(21-28-7-8-28)22-35(46)42-29;/h9-16,24-25,28-29,32-34,40H,5-8,17-23H2,1-4H3,(H,41,48)(H,42,46)(H,43,47)(H,44,49);1H/t25-,29+,32+,33+,34+;/m1./s1. The summed E-state index contributed by atoms with van der Waals surface area (Å²) in [7, 11) is 1.56. The summed E-state index contributed by atoms with van der Waals surface area (Å²) in [5, 5.41) is 14.9. The van der Waals surface area contributed by atoms with E-state index in [2.05, 4.69) is 40.4 Å². The number of hydrogen-bond donors (Lipinski definition) is 5. The Kier molecular flexibility index (Phi) is 15.3. The lowest BCUT2D eigenvalue weighted by molar-refractivity contribution is -0.140. The van der Waals surface area contributed by atoms with Crippen LogP contribution < -0.4 is 36.1 Å². The molecule has 2 fully saturated rings. The zero-order valence-corrected chi connectivity index (χ0v) is 32.0. The first-order valence-corrected chi connectivity index (χ1v) is 18.5. The number of carbonyl (C=O) groups excluding carboxylic acids is 5. The monoisotopic (exact) mass is 754 g/mol. The van der Waals surface area contributed by atoms with Crippen LogP contribution in [-0.4, -0.2) is 98.0 Å². The lowest BCUT2D eigenvalue weighted by atomic mass is 10.0. The second kappa shape index (κ2) is 19.6. The van der Waals surface area contributed by atoms with Gasteiger partial charge in [0.05, 0.1) is 25.7 Å². The number of benzene rings is 2. The predicted octanol–water partition coefficient (Wildman–Crippen LogP) is 2.29. The van der Waals surface area contributed by atoms with Gasteiger partial charge in [-0.15, -0.1) is 12.4 Å². The summed E-state index contributed by atoms with van der Waals surface area (Å²) in [5.74, 6) is -0.229. The topological polar surface area (TPSA) is 167 Å². The fraction of sp³-hybridized carbons (Fsp3) is 0.564. The molecule has 5 atom stereocenters. The first-order valence-electron chi connectivity index (χ1n) is 18.5. The fourth-order valence-corrected chi connectivity index (χ4v) is 6.70. The zero-order chi connectivity index (χ0) is 37.2. The molecule has 5 amide bonds. The molecule has 6 rings (SSSR count). The number of nitrogens with zero attached hydrogens (tertiary/aromatic N) is 1. The van der Waals surface area contributed by atoms with Gasteiger partial charge in [-0.25, -0.2) is 0 Å². The molecule has 290 valence electrons. The second-order valence-electron chi connectivity index (χ2n) is 14.8. The maximum atomic E-state index is 14.1. The smallest absolute Gasteiger partial charge is 0.245 e. The van der Waals surface area contributed by atoms with Crippen LogP contribution >= 0.6 is 12.4 Å². The van der Waals surface area contributed by atoms with Crippen LogP contribution in [0.2, 0.25) is 0 Å². The van der Waals surface area contributed by atoms with Crippen LogP contribution in [0, 0.1) is 11.8 Å². The van der Waals surface area contributed by atoms with Gasteiger partial charge in [-0.1, -0.05) is 38.1 Å². The molecule has 0 aromatic heterocycles. The molecular weight excluding hydrogens is 700 g/mol. The first kappa shape index (κ1) is 41.4. The number of amides is 5. The van der Waals surface area contributed by atoms with Crippen LogP contribution in [0.15, 0.2) is 48.5 Å². The van der Waals surface area contributed by atoms with Crippen LogP contribution in [0.5, 0.6) is 11.5 Å². The molecule has 13 nitrogen and oxygen atoms in total. The molecule has 3 aliphatic heterocycles. The van der Waals surface area contributed by atoms with Crippen molar-refractivity contribution >= 4 is 41.9 Å². The third-order valence-electron chi connectivity index (χ3n) is 9.73. The van der Waals surface area contributed by atoms with E-state index in [4.69, 9.17) is 9.47 Å². The van der Waals surface area contributed by atoms with E-state index in [0.717, 1.165) is 36.9 Å². The average molecular weight is 755 g/mol. The van der Waals surface area contributed by atoms with Gasteiger partial charge in [-0.3, -0.25) is 24.0 Å². The van der Waals surface area contributed by atoms with Crippen molar-refractivity contribution in [3.8, 4) is 11.5 Å². The molecule has 1 saturated carbocycles. The van der Waals surface area contributed by atoms with Crippen molar-refractivity contribution in [1.82, 2.24) is 31.5 Å². The van der Waals surface area contributed by atoms with Crippen LogP contribution in [0.25, 0.3) is 0 Å². The number of methoxy groups -OCH3 is 1. The van der Waals surface area contributed by atoms with Crippen molar-refractivity contribution in [2.45, 2.75) is 95.9 Å². The number of nitrogens with one attached hydrogen (secondary N) is 5. The van der Waals surface area contributed by atoms with Gasteiger partial charge < -0.3 is 41.0 Å². The maximum Gasteiger partial charge on any atom is 0.245 e. The van der Waals surface area contributed by atoms with Crippen LogP contribution in [0.3, 0.4) is 0 Å². The van der Waals surface area contributed by atoms with Crippen molar-refractivity contribution in [2.24, 2.45) is 11.8 Å². The average Bonchev–Trinajstić information content (AvgIpc) is 3.76. The largest absolute Gasteiger partial charge is 0.497 e. The van der Waals surface area contributed by atoms with Crippen molar-refractivity contribution in [3.63, 3.8) is 0 Å². The number of ether oxygens (including phenoxy) is 2. The lowest BCUT2D eigenvalue weighted by Crippen LogP contribution is -2.59. The Morgan fingerprint density at radius 2 is 1.68 bits per heavy atom. The Hall–Kier alpha value is -4.36. The molecule has 2 aromatic carbocycles. The molecule has 0 unspecified atom stereocenters. The number of hydrogen-bond acceptors (Lipinski definition) is 8. The summed E-state index contributed by atoms with van der Waals surface area (Å²) in [5.41, 5.74) is 1.53. The minimum Gasteiger partial charge on any atom is -0.497 e. The molecular formula is C39H55ClN6O7. The summed E-state index contributed by atoms with van der Waals surface area (Å²) in [6, 6.07) is 10.7. The van der Waals surface area contributed by atoms with Crippen LogP contribution in [-0.2, 0) is 36.8 Å². The molecule has 1 aliphatic carbocycles. The molecule has 3 heterocycles. The summed E-state index contributed by atoms with van der Waals surface area (Å²) in [4.78, 5) is 70.1. The van der Waals surface area contributed by atoms with Crippen LogP contribution in [0.4, 0.5) is 0 Å². The molecule has 0 spiro atoms. The van der Waals surface area contributed by atoms with E-state index in [9.17, 15) is 24.0 Å². The molecule has 14 heteroatoms. The van der Waals surface area contributed by atoms with E-state index in [0.29, 0.717) is 36.8 Å². The van der Waals surface area contributed by atoms with E-state index in [-0.39, 0.29) is 68.1 Å². The Labute approximate surface area is 318 Å². The predicted molar refractivity (Wildman–Crippen MR) is 203 cm³/mol. The highest BCUT2D eigenvalue weighted by atomic mass is 35.5. The zero-order valence-electron chi connectivity index (χ0n) is 31.2. The van der Waals surface area contributed by atoms with E-state index >= 15 is 0 Å². The Bertz CT molecular complexity index is 1550. The highest BCUT2D eigenvalue weighted by molar-refractivity contribution is 5.95. The van der Waals surface area contributed by atoms with Gasteiger partial charge in [-0.05, 0) is 92.8 Å². The molecule has 0 radical (unpaired) electrons. The van der Waals surface area contributed by atoms with E-state index in [1.807, 2.05) is 12.1 Å². The second-order valence-corrected chi connectivity index (χ2v) is 14.8. The fourth-order valence-electron chi connectivity index (χ4n) is 6.70. The molecule has 2 aromatic rings. The van der Waals surface area contributed by atoms with Crippen molar-refractivity contribution in [3.05, 3.63) is 59.7 Å². The van der Waals surface area contributed by atoms with Gasteiger partial charge in [0.1, 0.15) is 36.2 Å². The molecule has 2 bridgehead atoms. The van der Waals surface area contributed by atoms with E-state index in [1.165, 1.54) is 4.90 Å². The number of carbonyl (C=O) groups is 5. The van der Waals surface area contributed by atoms with Crippen molar-refractivity contribution in [2.75, 3.05) is 33.4 Å². The molecule has 4 aliphatic rings. The Morgan fingerprint density at radius 1 is 0.962 bits per heavy atom. The number of fused-ring (bicyclic) bond motifs is 17. The van der Waals surface area contributed by atoms with Gasteiger partial charge in [0.2, 0.25) is 29.5 Å². The normalized spacial score (nSPS) is 24.7. The third kappa shape index (κ3) is 12.6. The van der Waals surface area contributed by atoms with Crippen molar-refractivity contribution in [1.29, 1.82) is 0 Å². The highest BCUT2D eigenvalue weighted by Crippen LogP contribution is 2.30. The summed E-state index contributed by atoms with van der Waals surface area (Å²) in [6.45, 7) is 6.94. The van der Waals surface area contributed by atoms with E-state index in [1.54, 1.807) is 50.4 Å². The minimum atomic E-state index is -1.08. The lowest BCUT2D eigenvalue weighted by Gasteiger charge is -2.29. The van der Waals surface area contributed by atoms with Gasteiger partial charge in [-0.2, -0.15) is 0 Å². The quantitative estimate of drug-likeness (QED) is 0.243. The number of rotatable bonds is 9. The number of halogens is 1. The molecule has 5 N–H and O–H groups in total. The maximum absolute atomic E-state index is 14.1. The SMILES string of the molecule is COc1ccc(C[C@@H]2NC(=O)[C@@H](NC(=O)[C@@H]3CCCN3)Cc3ccc(cc3)OC[C@H](CC(C)C)NC(=O)CN(CC3CC3)C(=O)[C@@H](C)NC2=O)cc1.Cl. The Balaban J connectivity index is 0.00000627. The minimum absolute atomic E-state index is 0. The first-order chi connectivity index (χ1) is 25.0. The summed E-state index contributed by atoms with van der Waals surface area (Å²) < 4.78 is 11.4. The van der Waals surface area contributed by atoms with Crippen LogP contribution in [0.1, 0.15) is 64.0 Å². The Morgan fingerprint density at radius 3 is 2.30 bits per heavy atom. The highest BCUT2D eigenvalue weighted by Gasteiger charge is 2.34. The summed E-state index contributed by atoms with van der Waals surface area (Å²) in [6.07, 6.45) is 4.42. The molecule has 1 saturated heterocycles. The van der Waals surface area contributed by atoms with Gasteiger partial charge in [0.25, 0.3) is 0 Å². The van der Waals surface area contributed by atoms with E-state index < -0.39 is 36.0 Å².